The van der Waals surface area contributed by atoms with Crippen molar-refractivity contribution >= 4 is 6.08 Å². The van der Waals surface area contributed by atoms with E-state index in [2.05, 4.69) is 36.6 Å². The molecule has 0 heteroatoms. The highest BCUT2D eigenvalue weighted by atomic mass is 13.9. The summed E-state index contributed by atoms with van der Waals surface area (Å²) in [6.45, 7) is 3.52. The molecule has 1 aromatic rings. The smallest absolute Gasteiger partial charge is 0.0276 e. The van der Waals surface area contributed by atoms with Gasteiger partial charge in [0.1, 0.15) is 0 Å². The molecule has 1 rings (SSSR count). The second kappa shape index (κ2) is 5.85. The van der Waals surface area contributed by atoms with Crippen LogP contribution in [0.4, 0.5) is 0 Å². The van der Waals surface area contributed by atoms with E-state index in [1.54, 1.807) is 6.08 Å². The van der Waals surface area contributed by atoms with Crippen molar-refractivity contribution in [3.8, 4) is 11.8 Å². The maximum Gasteiger partial charge on any atom is 0.0276 e. The first-order valence-corrected chi connectivity index (χ1v) is 4.24. The number of hydrogen-bond donors (Lipinski definition) is 0. The lowest BCUT2D eigenvalue weighted by Crippen LogP contribution is -1.67. The molecule has 0 aliphatic carbocycles. The Kier molecular flexibility index (Phi) is 4.21. The molecule has 0 spiro atoms. The van der Waals surface area contributed by atoms with Crippen LogP contribution >= 0.6 is 0 Å². The summed E-state index contributed by atoms with van der Waals surface area (Å²) >= 11 is 0. The van der Waals surface area contributed by atoms with Crippen molar-refractivity contribution in [1.82, 2.24) is 0 Å². The molecule has 0 nitrogen and oxygen atoms in total. The van der Waals surface area contributed by atoms with Gasteiger partial charge < -0.3 is 0 Å². The second-order valence-corrected chi connectivity index (χ2v) is 2.54. The summed E-state index contributed by atoms with van der Waals surface area (Å²) in [5.41, 5.74) is 1.21. The van der Waals surface area contributed by atoms with Crippen LogP contribution in [0.25, 0.3) is 6.08 Å². The third-order valence-corrected chi connectivity index (χ3v) is 1.53. The Morgan fingerprint density at radius 2 is 2.00 bits per heavy atom. The van der Waals surface area contributed by atoms with E-state index in [4.69, 9.17) is 0 Å². The van der Waals surface area contributed by atoms with Crippen molar-refractivity contribution in [3.63, 3.8) is 0 Å². The van der Waals surface area contributed by atoms with Gasteiger partial charge >= 0.3 is 0 Å². The molecule has 0 aliphatic heterocycles. The van der Waals surface area contributed by atoms with Crippen molar-refractivity contribution < 1.29 is 0 Å². The number of hydrogen-bond acceptors (Lipinski definition) is 0. The summed E-state index contributed by atoms with van der Waals surface area (Å²) in [6, 6.07) is 10.2. The maximum absolute atomic E-state index is 3.52. The Morgan fingerprint density at radius 1 is 1.23 bits per heavy atom. The average molecular weight is 168 g/mol. The first-order chi connectivity index (χ1) is 6.43. The van der Waals surface area contributed by atoms with Crippen molar-refractivity contribution in [1.29, 1.82) is 0 Å². The lowest BCUT2D eigenvalue weighted by molar-refractivity contribution is 1.48. The van der Waals surface area contributed by atoms with E-state index in [-0.39, 0.29) is 0 Å². The second-order valence-electron chi connectivity index (χ2n) is 2.54. The van der Waals surface area contributed by atoms with E-state index in [1.807, 2.05) is 24.3 Å². The van der Waals surface area contributed by atoms with Crippen molar-refractivity contribution in [2.24, 2.45) is 0 Å². The molecule has 1 aromatic carbocycles. The summed E-state index contributed by atoms with van der Waals surface area (Å²) in [4.78, 5) is 0. The van der Waals surface area contributed by atoms with Gasteiger partial charge in [0.2, 0.25) is 0 Å². The van der Waals surface area contributed by atoms with E-state index in [9.17, 15) is 0 Å². The Morgan fingerprint density at radius 3 is 2.69 bits per heavy atom. The average Bonchev–Trinajstić information content (AvgIpc) is 2.19. The van der Waals surface area contributed by atoms with Crippen molar-refractivity contribution in [3.05, 3.63) is 54.6 Å². The van der Waals surface area contributed by atoms with Gasteiger partial charge in [-0.1, -0.05) is 60.9 Å². The van der Waals surface area contributed by atoms with E-state index >= 15 is 0 Å². The van der Waals surface area contributed by atoms with E-state index in [1.165, 1.54) is 5.56 Å². The highest BCUT2D eigenvalue weighted by molar-refractivity contribution is 5.49. The van der Waals surface area contributed by atoms with Gasteiger partial charge in [0.15, 0.2) is 0 Å². The van der Waals surface area contributed by atoms with Crippen LogP contribution in [0, 0.1) is 11.8 Å². The minimum Gasteiger partial charge on any atom is -0.0944 e. The fraction of sp³-hybridized carbons (Fsp3) is 0.0769. The molecule has 0 atom stereocenters. The molecule has 13 heavy (non-hydrogen) atoms. The number of allylic oxidation sites excluding steroid dienone is 2. The lowest BCUT2D eigenvalue weighted by Gasteiger charge is -1.88. The van der Waals surface area contributed by atoms with Crippen LogP contribution in [0.3, 0.4) is 0 Å². The monoisotopic (exact) mass is 168 g/mol. The van der Waals surface area contributed by atoms with Gasteiger partial charge in [0.05, 0.1) is 0 Å². The minimum atomic E-state index is 0.779. The molecule has 0 unspecified atom stereocenters. The zero-order valence-electron chi connectivity index (χ0n) is 7.53. The van der Waals surface area contributed by atoms with Gasteiger partial charge in [-0.3, -0.25) is 0 Å². The molecule has 0 N–H and O–H groups in total. The highest BCUT2D eigenvalue weighted by Crippen LogP contribution is 2.01. The lowest BCUT2D eigenvalue weighted by atomic mass is 10.2. The van der Waals surface area contributed by atoms with Crippen LogP contribution in [0.5, 0.6) is 0 Å². The van der Waals surface area contributed by atoms with E-state index in [0.717, 1.165) is 6.42 Å². The highest BCUT2D eigenvalue weighted by Gasteiger charge is 1.79. The molecule has 0 fully saturated rings. The summed E-state index contributed by atoms with van der Waals surface area (Å²) in [5, 5.41) is 0. The van der Waals surface area contributed by atoms with Crippen LogP contribution in [0.15, 0.2) is 49.1 Å². The summed E-state index contributed by atoms with van der Waals surface area (Å²) in [5.74, 6) is 5.75. The van der Waals surface area contributed by atoms with Gasteiger partial charge in [-0.05, 0) is 11.6 Å². The Bertz CT molecular complexity index is 333. The Hall–Kier alpha value is -1.74. The van der Waals surface area contributed by atoms with Crippen molar-refractivity contribution in [2.45, 2.75) is 6.42 Å². The first kappa shape index (κ1) is 9.35. The van der Waals surface area contributed by atoms with E-state index in [0.29, 0.717) is 0 Å². The predicted molar refractivity (Wildman–Crippen MR) is 58.1 cm³/mol. The SMILES string of the molecule is C=CC#CCC=Cc1ccccc1. The quantitative estimate of drug-likeness (QED) is 0.594. The molecular weight excluding hydrogens is 156 g/mol. The topological polar surface area (TPSA) is 0 Å². The number of benzene rings is 1. The molecular formula is C13H12. The third kappa shape index (κ3) is 3.98. The first-order valence-electron chi connectivity index (χ1n) is 4.24. The van der Waals surface area contributed by atoms with Crippen LogP contribution in [-0.4, -0.2) is 0 Å². The summed E-state index contributed by atoms with van der Waals surface area (Å²) in [6.07, 6.45) is 6.50. The predicted octanol–water partition coefficient (Wildman–Crippen LogP) is 3.28. The summed E-state index contributed by atoms with van der Waals surface area (Å²) < 4.78 is 0. The Labute approximate surface area is 79.6 Å². The zero-order chi connectivity index (χ0) is 9.36. The minimum absolute atomic E-state index is 0.779. The normalized spacial score (nSPS) is 9.23. The molecule has 0 aromatic heterocycles. The molecule has 0 aliphatic rings. The van der Waals surface area contributed by atoms with Crippen molar-refractivity contribution in [2.75, 3.05) is 0 Å². The molecule has 0 heterocycles. The van der Waals surface area contributed by atoms with Gasteiger partial charge in [-0.2, -0.15) is 0 Å². The molecule has 0 saturated heterocycles. The number of rotatable bonds is 2. The third-order valence-electron chi connectivity index (χ3n) is 1.53. The molecule has 0 radical (unpaired) electrons. The molecule has 0 saturated carbocycles. The standard InChI is InChI=1S/C13H12/c1-2-3-4-5-7-10-13-11-8-6-9-12-13/h2,6-12H,1,5H2. The summed E-state index contributed by atoms with van der Waals surface area (Å²) in [7, 11) is 0. The van der Waals surface area contributed by atoms with E-state index < -0.39 is 0 Å². The zero-order valence-corrected chi connectivity index (χ0v) is 7.53. The Balaban J connectivity index is 2.45. The fourth-order valence-electron chi connectivity index (χ4n) is 0.949. The van der Waals surface area contributed by atoms with Crippen LogP contribution in [0.1, 0.15) is 12.0 Å². The maximum atomic E-state index is 3.52. The molecule has 0 amide bonds. The van der Waals surface area contributed by atoms with Gasteiger partial charge in [0, 0.05) is 6.42 Å². The van der Waals surface area contributed by atoms with Crippen LogP contribution in [-0.2, 0) is 0 Å². The molecule has 64 valence electrons. The van der Waals surface area contributed by atoms with Gasteiger partial charge in [0.25, 0.3) is 0 Å². The fourth-order valence-corrected chi connectivity index (χ4v) is 0.949. The van der Waals surface area contributed by atoms with Gasteiger partial charge in [-0.25, -0.2) is 0 Å². The molecule has 0 bridgehead atoms. The van der Waals surface area contributed by atoms with Crippen LogP contribution in [0.2, 0.25) is 0 Å². The largest absolute Gasteiger partial charge is 0.0944 e. The van der Waals surface area contributed by atoms with Gasteiger partial charge in [-0.15, -0.1) is 0 Å². The van der Waals surface area contributed by atoms with Crippen LogP contribution < -0.4 is 0 Å².